The Balaban J connectivity index is 3.52. The highest BCUT2D eigenvalue weighted by atomic mass is 16.5. The maximum absolute atomic E-state index is 13.3. The molecule has 0 fully saturated rings. The van der Waals surface area contributed by atoms with Gasteiger partial charge in [-0.2, -0.15) is 0 Å². The summed E-state index contributed by atoms with van der Waals surface area (Å²) < 4.78 is 10.7. The molecule has 27 heavy (non-hydrogen) atoms. The SMILES string of the molecule is CCCOC(C(=O)O)(C(=O)C(=Cc1ccccc1)C(=O)OC(C)C)C(C)C. The quantitative estimate of drug-likeness (QED) is 0.291. The third-order valence-electron chi connectivity index (χ3n) is 3.92. The lowest BCUT2D eigenvalue weighted by atomic mass is 9.82. The van der Waals surface area contributed by atoms with E-state index < -0.39 is 35.3 Å². The van der Waals surface area contributed by atoms with E-state index in [9.17, 15) is 19.5 Å². The summed E-state index contributed by atoms with van der Waals surface area (Å²) in [5, 5.41) is 9.84. The Kier molecular flexibility index (Phi) is 8.37. The Morgan fingerprint density at radius 1 is 1.11 bits per heavy atom. The van der Waals surface area contributed by atoms with Gasteiger partial charge in [0.2, 0.25) is 11.4 Å². The minimum absolute atomic E-state index is 0.0774. The molecule has 1 unspecified atom stereocenters. The van der Waals surface area contributed by atoms with Crippen molar-refractivity contribution in [3.05, 3.63) is 41.5 Å². The summed E-state index contributed by atoms with van der Waals surface area (Å²) in [6.07, 6.45) is 1.42. The number of esters is 1. The van der Waals surface area contributed by atoms with Crippen LogP contribution in [0.2, 0.25) is 0 Å². The van der Waals surface area contributed by atoms with E-state index in [2.05, 4.69) is 0 Å². The predicted octanol–water partition coefficient (Wildman–Crippen LogP) is 3.50. The van der Waals surface area contributed by atoms with Crippen molar-refractivity contribution in [2.45, 2.75) is 52.7 Å². The second-order valence-corrected chi connectivity index (χ2v) is 6.80. The first-order valence-corrected chi connectivity index (χ1v) is 9.06. The Morgan fingerprint density at radius 2 is 1.70 bits per heavy atom. The van der Waals surface area contributed by atoms with Gasteiger partial charge in [0.05, 0.1) is 6.10 Å². The Hall–Kier alpha value is -2.47. The molecular weight excluding hydrogens is 348 g/mol. The first-order chi connectivity index (χ1) is 12.7. The number of benzene rings is 1. The fourth-order valence-corrected chi connectivity index (χ4v) is 2.57. The molecule has 148 valence electrons. The normalized spacial score (nSPS) is 14.1. The molecule has 6 nitrogen and oxygen atoms in total. The number of rotatable bonds is 10. The maximum atomic E-state index is 13.3. The van der Waals surface area contributed by atoms with Gasteiger partial charge < -0.3 is 14.6 Å². The zero-order valence-electron chi connectivity index (χ0n) is 16.5. The molecule has 1 atom stereocenters. The predicted molar refractivity (Wildman–Crippen MR) is 102 cm³/mol. The largest absolute Gasteiger partial charge is 0.479 e. The second-order valence-electron chi connectivity index (χ2n) is 6.80. The number of carboxylic acids is 1. The number of carbonyl (C=O) groups is 3. The van der Waals surface area contributed by atoms with Crippen molar-refractivity contribution in [3.63, 3.8) is 0 Å². The van der Waals surface area contributed by atoms with Crippen molar-refractivity contribution < 1.29 is 29.0 Å². The van der Waals surface area contributed by atoms with Crippen LogP contribution in [0.15, 0.2) is 35.9 Å². The van der Waals surface area contributed by atoms with Crippen LogP contribution in [0.5, 0.6) is 0 Å². The van der Waals surface area contributed by atoms with E-state index in [4.69, 9.17) is 9.47 Å². The van der Waals surface area contributed by atoms with Gasteiger partial charge >= 0.3 is 11.9 Å². The van der Waals surface area contributed by atoms with Gasteiger partial charge in [-0.05, 0) is 31.9 Å². The molecule has 0 spiro atoms. The number of ketones is 1. The van der Waals surface area contributed by atoms with Crippen LogP contribution in [0.3, 0.4) is 0 Å². The third-order valence-corrected chi connectivity index (χ3v) is 3.92. The molecule has 0 amide bonds. The highest BCUT2D eigenvalue weighted by Crippen LogP contribution is 2.29. The molecule has 1 N–H and O–H groups in total. The molecule has 1 aromatic rings. The molecule has 0 saturated heterocycles. The molecule has 0 bridgehead atoms. The standard InChI is InChI=1S/C21H28O6/c1-6-12-26-21(14(2)3,20(24)25)18(22)17(19(23)27-15(4)5)13-16-10-8-7-9-11-16/h7-11,13-15H,6,12H2,1-5H3,(H,24,25). The highest BCUT2D eigenvalue weighted by molar-refractivity contribution is 6.28. The first-order valence-electron chi connectivity index (χ1n) is 9.06. The molecule has 0 radical (unpaired) electrons. The van der Waals surface area contributed by atoms with Crippen molar-refractivity contribution in [3.8, 4) is 0 Å². The number of Topliss-reactive ketones (excluding diaryl/α,β-unsaturated/α-hetero) is 1. The van der Waals surface area contributed by atoms with Crippen molar-refractivity contribution in [1.29, 1.82) is 0 Å². The summed E-state index contributed by atoms with van der Waals surface area (Å²) in [7, 11) is 0. The summed E-state index contributed by atoms with van der Waals surface area (Å²) in [4.78, 5) is 38.0. The summed E-state index contributed by atoms with van der Waals surface area (Å²) in [5.74, 6) is -3.90. The maximum Gasteiger partial charge on any atom is 0.344 e. The van der Waals surface area contributed by atoms with Gasteiger partial charge in [0, 0.05) is 12.5 Å². The average molecular weight is 376 g/mol. The van der Waals surface area contributed by atoms with Crippen LogP contribution in [-0.2, 0) is 23.9 Å². The van der Waals surface area contributed by atoms with Crippen LogP contribution in [0.1, 0.15) is 46.6 Å². The van der Waals surface area contributed by atoms with Crippen LogP contribution < -0.4 is 0 Å². The van der Waals surface area contributed by atoms with Crippen LogP contribution >= 0.6 is 0 Å². The fraction of sp³-hybridized carbons (Fsp3) is 0.476. The molecule has 0 aromatic heterocycles. The number of carbonyl (C=O) groups excluding carboxylic acids is 2. The Labute approximate surface area is 160 Å². The van der Waals surface area contributed by atoms with Crippen molar-refractivity contribution >= 4 is 23.8 Å². The molecule has 0 heterocycles. The lowest BCUT2D eigenvalue weighted by molar-refractivity contribution is -0.177. The lowest BCUT2D eigenvalue weighted by Gasteiger charge is -2.32. The van der Waals surface area contributed by atoms with Gasteiger partial charge in [-0.3, -0.25) is 4.79 Å². The van der Waals surface area contributed by atoms with E-state index in [1.54, 1.807) is 58.0 Å². The second kappa shape index (κ2) is 10.0. The topological polar surface area (TPSA) is 89.9 Å². The molecular formula is C21H28O6. The zero-order chi connectivity index (χ0) is 20.6. The van der Waals surface area contributed by atoms with Gasteiger partial charge in [0.25, 0.3) is 0 Å². The van der Waals surface area contributed by atoms with E-state index >= 15 is 0 Å². The van der Waals surface area contributed by atoms with Crippen molar-refractivity contribution in [1.82, 2.24) is 0 Å². The molecule has 6 heteroatoms. The van der Waals surface area contributed by atoms with E-state index in [1.807, 2.05) is 6.92 Å². The van der Waals surface area contributed by atoms with Crippen LogP contribution in [0, 0.1) is 5.92 Å². The van der Waals surface area contributed by atoms with Gasteiger partial charge in [-0.25, -0.2) is 9.59 Å². The van der Waals surface area contributed by atoms with Gasteiger partial charge in [-0.15, -0.1) is 0 Å². The summed E-state index contributed by atoms with van der Waals surface area (Å²) >= 11 is 0. The molecule has 0 aliphatic heterocycles. The molecule has 1 rings (SSSR count). The average Bonchev–Trinajstić information content (AvgIpc) is 2.59. The van der Waals surface area contributed by atoms with Gasteiger partial charge in [0.15, 0.2) is 0 Å². The highest BCUT2D eigenvalue weighted by Gasteiger charge is 2.52. The summed E-state index contributed by atoms with van der Waals surface area (Å²) in [6, 6.07) is 8.72. The van der Waals surface area contributed by atoms with Gasteiger partial charge in [0.1, 0.15) is 5.57 Å². The smallest absolute Gasteiger partial charge is 0.344 e. The van der Waals surface area contributed by atoms with Crippen molar-refractivity contribution in [2.24, 2.45) is 5.92 Å². The third kappa shape index (κ3) is 5.50. The lowest BCUT2D eigenvalue weighted by Crippen LogP contribution is -2.55. The van der Waals surface area contributed by atoms with E-state index in [-0.39, 0.29) is 12.2 Å². The summed E-state index contributed by atoms with van der Waals surface area (Å²) in [5.41, 5.74) is -1.92. The fourth-order valence-electron chi connectivity index (χ4n) is 2.57. The summed E-state index contributed by atoms with van der Waals surface area (Å²) in [6.45, 7) is 8.36. The molecule has 0 aliphatic carbocycles. The van der Waals surface area contributed by atoms with Crippen LogP contribution in [0.25, 0.3) is 6.08 Å². The van der Waals surface area contributed by atoms with Gasteiger partial charge in [-0.1, -0.05) is 51.1 Å². The van der Waals surface area contributed by atoms with Crippen molar-refractivity contribution in [2.75, 3.05) is 6.61 Å². The number of hydrogen-bond acceptors (Lipinski definition) is 5. The number of hydrogen-bond donors (Lipinski definition) is 1. The van der Waals surface area contributed by atoms with E-state index in [0.29, 0.717) is 12.0 Å². The van der Waals surface area contributed by atoms with Crippen LogP contribution in [0.4, 0.5) is 0 Å². The van der Waals surface area contributed by atoms with E-state index in [1.165, 1.54) is 6.08 Å². The number of ether oxygens (including phenoxy) is 2. The number of aliphatic carboxylic acids is 1. The molecule has 1 aromatic carbocycles. The number of carboxylic acid groups (broad SMARTS) is 1. The van der Waals surface area contributed by atoms with Crippen LogP contribution in [-0.4, -0.2) is 41.1 Å². The minimum Gasteiger partial charge on any atom is -0.479 e. The Bertz CT molecular complexity index is 690. The molecule has 0 saturated carbocycles. The van der Waals surface area contributed by atoms with E-state index in [0.717, 1.165) is 0 Å². The Morgan fingerprint density at radius 3 is 2.15 bits per heavy atom. The monoisotopic (exact) mass is 376 g/mol. The minimum atomic E-state index is -2.16. The zero-order valence-corrected chi connectivity index (χ0v) is 16.5. The molecule has 0 aliphatic rings. The first kappa shape index (κ1) is 22.6.